The van der Waals surface area contributed by atoms with E-state index < -0.39 is 17.8 Å². The molecule has 2 aromatic rings. The fourth-order valence-corrected chi connectivity index (χ4v) is 4.35. The highest BCUT2D eigenvalue weighted by atomic mass is 19.1. The normalized spacial score (nSPS) is 19.1. The molecule has 1 atom stereocenters. The number of amides is 2. The monoisotopic (exact) mass is 386 g/mol. The Morgan fingerprint density at radius 3 is 2.82 bits per heavy atom. The van der Waals surface area contributed by atoms with Gasteiger partial charge in [-0.15, -0.1) is 0 Å². The standard InChI is InChI=1S/C20H24FN5O2/c1-13(25-18(27)14-4-2-3-5-15(14)21)19(28)26-10-7-20(8-11-26)17-16(6-9-24-20)22-12-23-17/h2-5,12-13,24H,6-11H2,1H3,(H,22,23)(H,25,27)/p+1/t13-/m0/s1. The summed E-state index contributed by atoms with van der Waals surface area (Å²) in [5.74, 6) is -1.31. The molecule has 2 amide bonds. The van der Waals surface area contributed by atoms with Gasteiger partial charge in [0.05, 0.1) is 18.4 Å². The summed E-state index contributed by atoms with van der Waals surface area (Å²) in [5, 5.41) is 4.97. The Balaban J connectivity index is 1.38. The van der Waals surface area contributed by atoms with E-state index in [0.29, 0.717) is 13.1 Å². The van der Waals surface area contributed by atoms with E-state index in [-0.39, 0.29) is 17.0 Å². The number of H-pyrrole nitrogens is 1. The number of nitrogens with two attached hydrogens (primary N) is 1. The molecule has 1 spiro atoms. The Morgan fingerprint density at radius 1 is 1.32 bits per heavy atom. The Bertz CT molecular complexity index is 888. The smallest absolute Gasteiger partial charge is 0.254 e. The van der Waals surface area contributed by atoms with Crippen LogP contribution in [0.25, 0.3) is 0 Å². The van der Waals surface area contributed by atoms with Crippen molar-refractivity contribution in [2.24, 2.45) is 0 Å². The third kappa shape index (κ3) is 3.28. The van der Waals surface area contributed by atoms with Crippen LogP contribution in [0.1, 0.15) is 41.5 Å². The molecule has 1 aromatic heterocycles. The number of imidazole rings is 1. The summed E-state index contributed by atoms with van der Waals surface area (Å²) in [4.78, 5) is 34.6. The van der Waals surface area contributed by atoms with Crippen molar-refractivity contribution in [1.82, 2.24) is 20.2 Å². The molecular weight excluding hydrogens is 361 g/mol. The number of piperidine rings is 1. The third-order valence-corrected chi connectivity index (χ3v) is 5.92. The van der Waals surface area contributed by atoms with E-state index >= 15 is 0 Å². The Kier molecular flexibility index (Phi) is 4.89. The van der Waals surface area contributed by atoms with Gasteiger partial charge in [0.15, 0.2) is 0 Å². The fourth-order valence-electron chi connectivity index (χ4n) is 4.35. The molecule has 2 aliphatic rings. The molecule has 1 fully saturated rings. The van der Waals surface area contributed by atoms with Gasteiger partial charge < -0.3 is 20.5 Å². The number of hydrogen-bond donors (Lipinski definition) is 3. The molecule has 7 nitrogen and oxygen atoms in total. The number of carbonyl (C=O) groups excluding carboxylic acids is 2. The number of aromatic amines is 1. The van der Waals surface area contributed by atoms with Gasteiger partial charge in [0.2, 0.25) is 5.91 Å². The minimum Gasteiger partial charge on any atom is -0.348 e. The summed E-state index contributed by atoms with van der Waals surface area (Å²) in [5.41, 5.74) is 2.20. The van der Waals surface area contributed by atoms with Gasteiger partial charge in [-0.2, -0.15) is 0 Å². The molecule has 4 rings (SSSR count). The number of nitrogens with zero attached hydrogens (tertiary/aromatic N) is 2. The highest BCUT2D eigenvalue weighted by molar-refractivity contribution is 5.97. The second-order valence-corrected chi connectivity index (χ2v) is 7.63. The van der Waals surface area contributed by atoms with Crippen LogP contribution in [0.2, 0.25) is 0 Å². The number of carbonyl (C=O) groups is 2. The number of fused-ring (bicyclic) bond motifs is 2. The van der Waals surface area contributed by atoms with Crippen LogP contribution in [0.15, 0.2) is 30.6 Å². The van der Waals surface area contributed by atoms with Crippen molar-refractivity contribution in [3.05, 3.63) is 53.4 Å². The van der Waals surface area contributed by atoms with Gasteiger partial charge in [-0.3, -0.25) is 9.59 Å². The van der Waals surface area contributed by atoms with Crippen LogP contribution in [0, 0.1) is 5.82 Å². The van der Waals surface area contributed by atoms with Crippen LogP contribution >= 0.6 is 0 Å². The molecule has 0 radical (unpaired) electrons. The van der Waals surface area contributed by atoms with Gasteiger partial charge >= 0.3 is 0 Å². The summed E-state index contributed by atoms with van der Waals surface area (Å²) in [6.07, 6.45) is 4.39. The Hall–Kier alpha value is -2.74. The van der Waals surface area contributed by atoms with Crippen molar-refractivity contribution in [3.8, 4) is 0 Å². The Labute approximate surface area is 162 Å². The molecule has 0 aliphatic carbocycles. The van der Waals surface area contributed by atoms with Gasteiger partial charge in [-0.25, -0.2) is 9.37 Å². The van der Waals surface area contributed by atoms with Gasteiger partial charge in [-0.05, 0) is 19.1 Å². The highest BCUT2D eigenvalue weighted by Gasteiger charge is 2.46. The van der Waals surface area contributed by atoms with Crippen molar-refractivity contribution in [3.63, 3.8) is 0 Å². The molecular formula is C20H25FN5O2+. The zero-order chi connectivity index (χ0) is 19.7. The van der Waals surface area contributed by atoms with Crippen LogP contribution in [-0.2, 0) is 16.8 Å². The number of aromatic nitrogens is 2. The number of quaternary nitrogens is 1. The molecule has 1 aromatic carbocycles. The van der Waals surface area contributed by atoms with Gasteiger partial charge in [0.1, 0.15) is 23.1 Å². The maximum Gasteiger partial charge on any atom is 0.254 e. The lowest BCUT2D eigenvalue weighted by Crippen LogP contribution is -2.97. The third-order valence-electron chi connectivity index (χ3n) is 5.92. The zero-order valence-corrected chi connectivity index (χ0v) is 15.9. The van der Waals surface area contributed by atoms with Crippen LogP contribution in [-0.4, -0.2) is 52.4 Å². The maximum absolute atomic E-state index is 13.8. The second-order valence-electron chi connectivity index (χ2n) is 7.63. The first kappa shape index (κ1) is 18.6. The van der Waals surface area contributed by atoms with Crippen LogP contribution in [0.4, 0.5) is 4.39 Å². The number of benzene rings is 1. The molecule has 0 bridgehead atoms. The van der Waals surface area contributed by atoms with Crippen molar-refractivity contribution in [2.45, 2.75) is 37.8 Å². The molecule has 0 unspecified atom stereocenters. The molecule has 8 heteroatoms. The average molecular weight is 386 g/mol. The first-order valence-corrected chi connectivity index (χ1v) is 9.71. The largest absolute Gasteiger partial charge is 0.348 e. The predicted octanol–water partition coefficient (Wildman–Crippen LogP) is 0.305. The van der Waals surface area contributed by atoms with Crippen LogP contribution in [0.5, 0.6) is 0 Å². The van der Waals surface area contributed by atoms with E-state index in [1.165, 1.54) is 23.9 Å². The first-order valence-electron chi connectivity index (χ1n) is 9.71. The number of halogens is 1. The Morgan fingerprint density at radius 2 is 2.07 bits per heavy atom. The van der Waals surface area contributed by atoms with Crippen LogP contribution in [0.3, 0.4) is 0 Å². The average Bonchev–Trinajstić information content (AvgIpc) is 3.19. The van der Waals surface area contributed by atoms with E-state index in [9.17, 15) is 14.0 Å². The lowest BCUT2D eigenvalue weighted by atomic mass is 9.80. The van der Waals surface area contributed by atoms with E-state index in [2.05, 4.69) is 20.6 Å². The molecule has 1 saturated heterocycles. The lowest BCUT2D eigenvalue weighted by molar-refractivity contribution is -0.743. The molecule has 148 valence electrons. The van der Waals surface area contributed by atoms with E-state index in [4.69, 9.17) is 0 Å². The van der Waals surface area contributed by atoms with E-state index in [1.807, 2.05) is 0 Å². The summed E-state index contributed by atoms with van der Waals surface area (Å²) in [6.45, 7) is 3.88. The lowest BCUT2D eigenvalue weighted by Gasteiger charge is -2.41. The highest BCUT2D eigenvalue weighted by Crippen LogP contribution is 2.31. The van der Waals surface area contributed by atoms with Crippen molar-refractivity contribution < 1.29 is 19.3 Å². The van der Waals surface area contributed by atoms with E-state index in [0.717, 1.165) is 31.5 Å². The van der Waals surface area contributed by atoms with Gasteiger partial charge in [0.25, 0.3) is 5.91 Å². The van der Waals surface area contributed by atoms with Crippen molar-refractivity contribution >= 4 is 11.8 Å². The van der Waals surface area contributed by atoms with Crippen LogP contribution < -0.4 is 10.6 Å². The number of nitrogens with one attached hydrogen (secondary N) is 2. The second kappa shape index (κ2) is 7.35. The topological polar surface area (TPSA) is 94.7 Å². The molecule has 4 N–H and O–H groups in total. The zero-order valence-electron chi connectivity index (χ0n) is 15.9. The first-order chi connectivity index (χ1) is 13.5. The predicted molar refractivity (Wildman–Crippen MR) is 99.9 cm³/mol. The summed E-state index contributed by atoms with van der Waals surface area (Å²) in [6, 6.07) is 5.05. The summed E-state index contributed by atoms with van der Waals surface area (Å²) in [7, 11) is 0. The minimum atomic E-state index is -0.711. The van der Waals surface area contributed by atoms with Gasteiger partial charge in [-0.1, -0.05) is 12.1 Å². The van der Waals surface area contributed by atoms with Gasteiger partial charge in [0, 0.05) is 38.0 Å². The maximum atomic E-state index is 13.8. The molecule has 3 heterocycles. The number of hydrogen-bond acceptors (Lipinski definition) is 3. The van der Waals surface area contributed by atoms with E-state index in [1.54, 1.807) is 24.2 Å². The summed E-state index contributed by atoms with van der Waals surface area (Å²) >= 11 is 0. The molecule has 0 saturated carbocycles. The number of rotatable bonds is 3. The fraction of sp³-hybridized carbons (Fsp3) is 0.450. The summed E-state index contributed by atoms with van der Waals surface area (Å²) < 4.78 is 13.8. The number of likely N-dealkylation sites (tertiary alicyclic amines) is 1. The molecule has 2 aliphatic heterocycles. The minimum absolute atomic E-state index is 0.0531. The van der Waals surface area contributed by atoms with Crippen molar-refractivity contribution in [2.75, 3.05) is 19.6 Å². The SMILES string of the molecule is C[C@H](NC(=O)c1ccccc1F)C(=O)N1CCC2(CC1)[NH2+]CCc1[nH]cnc12. The van der Waals surface area contributed by atoms with Crippen molar-refractivity contribution in [1.29, 1.82) is 0 Å². The quantitative estimate of drug-likeness (QED) is 0.708. The molecule has 28 heavy (non-hydrogen) atoms.